The number of nitrogens with zero attached hydrogens (tertiary/aromatic N) is 2. The van der Waals surface area contributed by atoms with Gasteiger partial charge >= 0.3 is 5.97 Å². The lowest BCUT2D eigenvalue weighted by atomic mass is 10.3. The van der Waals surface area contributed by atoms with Crippen LogP contribution in [-0.2, 0) is 9.53 Å². The molecule has 0 saturated carbocycles. The lowest BCUT2D eigenvalue weighted by Gasteiger charge is -2.17. The Bertz CT molecular complexity index is 490. The lowest BCUT2D eigenvalue weighted by molar-refractivity contribution is -0.136. The van der Waals surface area contributed by atoms with Gasteiger partial charge in [-0.25, -0.2) is 14.2 Å². The highest BCUT2D eigenvalue weighted by atomic mass is 79.9. The van der Waals surface area contributed by atoms with Crippen molar-refractivity contribution in [2.75, 3.05) is 25.1 Å². The molecule has 17 heavy (non-hydrogen) atoms. The van der Waals surface area contributed by atoms with Gasteiger partial charge in [0.1, 0.15) is 11.6 Å². The number of rotatable bonds is 2. The van der Waals surface area contributed by atoms with E-state index >= 15 is 0 Å². The van der Waals surface area contributed by atoms with Crippen LogP contribution in [0.4, 0.5) is 10.2 Å². The van der Waals surface area contributed by atoms with E-state index in [1.54, 1.807) is 11.0 Å². The van der Waals surface area contributed by atoms with Crippen LogP contribution in [0.1, 0.15) is 0 Å². The van der Waals surface area contributed by atoms with Gasteiger partial charge in [-0.05, 0) is 15.9 Å². The first-order chi connectivity index (χ1) is 8.11. The van der Waals surface area contributed by atoms with E-state index in [1.807, 2.05) is 0 Å². The van der Waals surface area contributed by atoms with E-state index in [2.05, 4.69) is 25.7 Å². The van der Waals surface area contributed by atoms with Crippen molar-refractivity contribution < 1.29 is 13.9 Å². The van der Waals surface area contributed by atoms with Gasteiger partial charge in [0.2, 0.25) is 0 Å². The number of halogens is 2. The molecular formula is C11H10BrFN2O2. The summed E-state index contributed by atoms with van der Waals surface area (Å²) in [4.78, 5) is 17.2. The Morgan fingerprint density at radius 1 is 1.65 bits per heavy atom. The molecule has 0 amide bonds. The van der Waals surface area contributed by atoms with E-state index in [-0.39, 0.29) is 11.8 Å². The Hall–Kier alpha value is -1.43. The molecule has 2 heterocycles. The van der Waals surface area contributed by atoms with Crippen LogP contribution in [0.15, 0.2) is 28.4 Å². The molecule has 1 aromatic rings. The minimum atomic E-state index is -0.374. The van der Waals surface area contributed by atoms with E-state index in [4.69, 9.17) is 0 Å². The quantitative estimate of drug-likeness (QED) is 0.783. The van der Waals surface area contributed by atoms with Crippen LogP contribution >= 0.6 is 15.9 Å². The van der Waals surface area contributed by atoms with Crippen LogP contribution in [0.5, 0.6) is 0 Å². The first kappa shape index (κ1) is 12.0. The highest BCUT2D eigenvalue weighted by Gasteiger charge is 2.21. The number of aromatic nitrogens is 1. The maximum atomic E-state index is 13.3. The van der Waals surface area contributed by atoms with E-state index in [9.17, 15) is 9.18 Å². The monoisotopic (exact) mass is 300 g/mol. The van der Waals surface area contributed by atoms with Gasteiger partial charge in [-0.2, -0.15) is 0 Å². The van der Waals surface area contributed by atoms with Crippen LogP contribution < -0.4 is 4.90 Å². The molecule has 0 saturated heterocycles. The molecule has 6 heteroatoms. The Morgan fingerprint density at radius 2 is 2.41 bits per heavy atom. The number of hydrogen-bond donors (Lipinski definition) is 0. The van der Waals surface area contributed by atoms with Crippen molar-refractivity contribution in [3.8, 4) is 0 Å². The van der Waals surface area contributed by atoms with Gasteiger partial charge in [-0.15, -0.1) is 0 Å². The fourth-order valence-corrected chi connectivity index (χ4v) is 1.80. The lowest BCUT2D eigenvalue weighted by Crippen LogP contribution is -2.23. The minimum absolute atomic E-state index is 0.321. The summed E-state index contributed by atoms with van der Waals surface area (Å²) in [5, 5.41) is 0. The number of methoxy groups -OCH3 is 1. The molecule has 4 nitrogen and oxygen atoms in total. The van der Waals surface area contributed by atoms with Crippen molar-refractivity contribution in [1.29, 1.82) is 0 Å². The second kappa shape index (κ2) is 4.83. The second-order valence-corrected chi connectivity index (χ2v) is 4.41. The number of pyridine rings is 1. The molecule has 0 fully saturated rings. The second-order valence-electron chi connectivity index (χ2n) is 3.56. The number of esters is 1. The molecular weight excluding hydrogens is 291 g/mol. The van der Waals surface area contributed by atoms with Crippen molar-refractivity contribution >= 4 is 27.7 Å². The zero-order valence-electron chi connectivity index (χ0n) is 9.11. The molecule has 1 aromatic heterocycles. The summed E-state index contributed by atoms with van der Waals surface area (Å²) >= 11 is 3.04. The first-order valence-corrected chi connectivity index (χ1v) is 5.74. The van der Waals surface area contributed by atoms with Crippen molar-refractivity contribution in [2.45, 2.75) is 0 Å². The molecule has 90 valence electrons. The summed E-state index contributed by atoms with van der Waals surface area (Å²) in [6.45, 7) is 0.916. The normalized spacial score (nSPS) is 14.8. The molecule has 0 aliphatic carbocycles. The van der Waals surface area contributed by atoms with Crippen molar-refractivity contribution in [2.24, 2.45) is 0 Å². The summed E-state index contributed by atoms with van der Waals surface area (Å²) in [5.41, 5.74) is 0.567. The van der Waals surface area contributed by atoms with Crippen LogP contribution in [0.3, 0.4) is 0 Å². The Kier molecular flexibility index (Phi) is 3.42. The minimum Gasteiger partial charge on any atom is -0.466 e. The topological polar surface area (TPSA) is 42.4 Å². The van der Waals surface area contributed by atoms with E-state index in [0.717, 1.165) is 0 Å². The molecule has 0 spiro atoms. The van der Waals surface area contributed by atoms with Crippen LogP contribution in [-0.4, -0.2) is 31.2 Å². The largest absolute Gasteiger partial charge is 0.466 e. The fourth-order valence-electron chi connectivity index (χ4n) is 1.59. The number of hydrogen-bond acceptors (Lipinski definition) is 4. The van der Waals surface area contributed by atoms with Crippen molar-refractivity contribution in [3.63, 3.8) is 0 Å². The average molecular weight is 301 g/mol. The van der Waals surface area contributed by atoms with Gasteiger partial charge in [0.05, 0.1) is 23.7 Å². The molecule has 0 bridgehead atoms. The number of carbonyl (C=O) groups is 1. The SMILES string of the molecule is COC(=O)C1=CCN(c2cc(F)c(Br)cn2)C1. The maximum Gasteiger partial charge on any atom is 0.335 e. The smallest absolute Gasteiger partial charge is 0.335 e. The third-order valence-corrected chi connectivity index (χ3v) is 3.07. The molecule has 0 aromatic carbocycles. The molecule has 0 radical (unpaired) electrons. The zero-order valence-corrected chi connectivity index (χ0v) is 10.7. The third kappa shape index (κ3) is 2.46. The van der Waals surface area contributed by atoms with E-state index in [1.165, 1.54) is 19.4 Å². The summed E-state index contributed by atoms with van der Waals surface area (Å²) < 4.78 is 18.3. The number of anilines is 1. The molecule has 1 aliphatic rings. The maximum absolute atomic E-state index is 13.3. The van der Waals surface area contributed by atoms with Crippen LogP contribution in [0.25, 0.3) is 0 Å². The highest BCUT2D eigenvalue weighted by molar-refractivity contribution is 9.10. The van der Waals surface area contributed by atoms with Gasteiger partial charge in [-0.3, -0.25) is 0 Å². The molecule has 1 aliphatic heterocycles. The van der Waals surface area contributed by atoms with E-state index < -0.39 is 0 Å². The highest BCUT2D eigenvalue weighted by Crippen LogP contribution is 2.22. The van der Waals surface area contributed by atoms with Crippen LogP contribution in [0.2, 0.25) is 0 Å². The standard InChI is InChI=1S/C11H10BrFN2O2/c1-17-11(16)7-2-3-15(6-7)10-4-9(13)8(12)5-14-10/h2,4-5H,3,6H2,1H3. The Morgan fingerprint density at radius 3 is 3.06 bits per heavy atom. The summed E-state index contributed by atoms with van der Waals surface area (Å²) in [7, 11) is 1.34. The molecule has 0 atom stereocenters. The fraction of sp³-hybridized carbons (Fsp3) is 0.273. The first-order valence-electron chi connectivity index (χ1n) is 4.95. The predicted octanol–water partition coefficient (Wildman–Crippen LogP) is 1.90. The van der Waals surface area contributed by atoms with Gasteiger partial charge < -0.3 is 9.64 Å². The summed E-state index contributed by atoms with van der Waals surface area (Å²) in [6, 6.07) is 1.33. The summed E-state index contributed by atoms with van der Waals surface area (Å²) in [5.74, 6) is -0.229. The Labute approximate surface area is 106 Å². The van der Waals surface area contributed by atoms with Crippen molar-refractivity contribution in [3.05, 3.63) is 34.2 Å². The molecule has 0 unspecified atom stereocenters. The van der Waals surface area contributed by atoms with Crippen molar-refractivity contribution in [1.82, 2.24) is 4.98 Å². The predicted molar refractivity (Wildman–Crippen MR) is 64.2 cm³/mol. The van der Waals surface area contributed by atoms with E-state index in [0.29, 0.717) is 29.0 Å². The zero-order chi connectivity index (χ0) is 12.4. The number of ether oxygens (including phenoxy) is 1. The molecule has 0 N–H and O–H groups in total. The van der Waals surface area contributed by atoms with Gasteiger partial charge in [-0.1, -0.05) is 6.08 Å². The Balaban J connectivity index is 2.12. The van der Waals surface area contributed by atoms with Gasteiger partial charge in [0.15, 0.2) is 0 Å². The summed E-state index contributed by atoms with van der Waals surface area (Å²) in [6.07, 6.45) is 3.16. The third-order valence-electron chi connectivity index (χ3n) is 2.49. The van der Waals surface area contributed by atoms with Gasteiger partial charge in [0.25, 0.3) is 0 Å². The van der Waals surface area contributed by atoms with Crippen LogP contribution in [0, 0.1) is 5.82 Å². The average Bonchev–Trinajstić information content (AvgIpc) is 2.81. The number of carbonyl (C=O) groups excluding carboxylic acids is 1. The molecule has 2 rings (SSSR count). The van der Waals surface area contributed by atoms with Gasteiger partial charge in [0, 0.05) is 18.8 Å².